The third kappa shape index (κ3) is 1.81. The Hall–Kier alpha value is -2.04. The highest BCUT2D eigenvalue weighted by atomic mass is 32.1. The number of hydrogen-bond donors (Lipinski definition) is 0. The van der Waals surface area contributed by atoms with Crippen LogP contribution >= 0.6 is 11.3 Å². The Morgan fingerprint density at radius 3 is 2.50 bits per heavy atom. The molecule has 0 unspecified atom stereocenters. The van der Waals surface area contributed by atoms with E-state index < -0.39 is 5.60 Å². The molecule has 0 radical (unpaired) electrons. The van der Waals surface area contributed by atoms with Crippen LogP contribution in [0, 0.1) is 22.7 Å². The molecule has 0 aromatic carbocycles. The Morgan fingerprint density at radius 1 is 1.33 bits per heavy atom. The quantitative estimate of drug-likeness (QED) is 0.721. The summed E-state index contributed by atoms with van der Waals surface area (Å²) in [6.07, 6.45) is 0. The number of nitrogens with zero attached hydrogens (tertiary/aromatic N) is 2. The van der Waals surface area contributed by atoms with Crippen LogP contribution in [0.15, 0.2) is 34.4 Å². The van der Waals surface area contributed by atoms with Crippen LogP contribution in [0.1, 0.15) is 25.6 Å². The molecule has 1 aromatic rings. The van der Waals surface area contributed by atoms with E-state index in [0.717, 1.165) is 16.0 Å². The molecule has 0 spiro atoms. The van der Waals surface area contributed by atoms with Gasteiger partial charge in [0.1, 0.15) is 17.7 Å². The van der Waals surface area contributed by atoms with Crippen LogP contribution in [0.5, 0.6) is 0 Å². The van der Waals surface area contributed by atoms with Crippen molar-refractivity contribution in [3.63, 3.8) is 0 Å². The predicted molar refractivity (Wildman–Crippen MR) is 70.3 cm³/mol. The van der Waals surface area contributed by atoms with Crippen LogP contribution in [0.2, 0.25) is 0 Å². The van der Waals surface area contributed by atoms with Crippen molar-refractivity contribution in [1.82, 2.24) is 0 Å². The smallest absolute Gasteiger partial charge is 0.172 e. The Kier molecular flexibility index (Phi) is 2.98. The monoisotopic (exact) mass is 256 g/mol. The van der Waals surface area contributed by atoms with Crippen molar-refractivity contribution in [3.8, 4) is 12.1 Å². The van der Waals surface area contributed by atoms with Gasteiger partial charge in [0.2, 0.25) is 0 Å². The van der Waals surface area contributed by atoms with Crippen molar-refractivity contribution < 1.29 is 4.74 Å². The van der Waals surface area contributed by atoms with E-state index in [1.54, 1.807) is 11.3 Å². The highest BCUT2D eigenvalue weighted by molar-refractivity contribution is 7.11. The highest BCUT2D eigenvalue weighted by Gasteiger charge is 2.37. The molecule has 4 heteroatoms. The number of ether oxygens (including phenoxy) is 1. The zero-order chi connectivity index (χ0) is 13.3. The number of hydrogen-bond acceptors (Lipinski definition) is 4. The summed E-state index contributed by atoms with van der Waals surface area (Å²) in [6.45, 7) is 5.86. The van der Waals surface area contributed by atoms with Crippen LogP contribution in [0.25, 0.3) is 5.57 Å². The molecule has 0 atom stereocenters. The lowest BCUT2D eigenvalue weighted by atomic mass is 9.95. The molecule has 2 rings (SSSR count). The van der Waals surface area contributed by atoms with Gasteiger partial charge < -0.3 is 4.74 Å². The molecule has 0 aliphatic carbocycles. The third-order valence-corrected chi connectivity index (χ3v) is 3.97. The van der Waals surface area contributed by atoms with E-state index in [-0.39, 0.29) is 5.57 Å². The predicted octanol–water partition coefficient (Wildman–Crippen LogP) is 3.63. The van der Waals surface area contributed by atoms with E-state index in [0.29, 0.717) is 5.76 Å². The lowest BCUT2D eigenvalue weighted by Gasteiger charge is -2.20. The standard InChI is InChI=1S/C14H12N2OS/c1-9-12(11-5-4-6-18-11)13(10(7-15)8-16)17-14(9,2)3/h4-6H,1-3H3. The largest absolute Gasteiger partial charge is 0.481 e. The topological polar surface area (TPSA) is 56.8 Å². The van der Waals surface area contributed by atoms with Crippen molar-refractivity contribution >= 4 is 16.9 Å². The molecule has 3 nitrogen and oxygen atoms in total. The van der Waals surface area contributed by atoms with E-state index in [9.17, 15) is 0 Å². The first kappa shape index (κ1) is 12.4. The average Bonchev–Trinajstić information content (AvgIpc) is 2.90. The van der Waals surface area contributed by atoms with Gasteiger partial charge in [-0.05, 0) is 37.8 Å². The maximum Gasteiger partial charge on any atom is 0.172 e. The first-order valence-electron chi connectivity index (χ1n) is 5.50. The van der Waals surface area contributed by atoms with Gasteiger partial charge in [-0.25, -0.2) is 0 Å². The van der Waals surface area contributed by atoms with Crippen LogP contribution in [0.4, 0.5) is 0 Å². The molecule has 0 fully saturated rings. The Labute approximate surface area is 110 Å². The lowest BCUT2D eigenvalue weighted by Crippen LogP contribution is -2.20. The molecule has 0 amide bonds. The fourth-order valence-corrected chi connectivity index (χ4v) is 2.70. The summed E-state index contributed by atoms with van der Waals surface area (Å²) in [7, 11) is 0. The minimum absolute atomic E-state index is 0.0309. The van der Waals surface area contributed by atoms with Gasteiger partial charge in [-0.1, -0.05) is 6.07 Å². The van der Waals surface area contributed by atoms with Gasteiger partial charge in [0.25, 0.3) is 0 Å². The summed E-state index contributed by atoms with van der Waals surface area (Å²) in [4.78, 5) is 1.02. The zero-order valence-corrected chi connectivity index (χ0v) is 11.3. The summed E-state index contributed by atoms with van der Waals surface area (Å²) >= 11 is 1.58. The molecule has 1 aromatic heterocycles. The van der Waals surface area contributed by atoms with Crippen LogP contribution in [0.3, 0.4) is 0 Å². The molecule has 0 N–H and O–H groups in total. The minimum atomic E-state index is -0.479. The summed E-state index contributed by atoms with van der Waals surface area (Å²) in [5, 5.41) is 20.0. The number of nitriles is 2. The molecular formula is C14H12N2OS. The number of allylic oxidation sites excluding steroid dienone is 2. The molecule has 2 heterocycles. The molecule has 1 aliphatic heterocycles. The fraction of sp³-hybridized carbons (Fsp3) is 0.286. The van der Waals surface area contributed by atoms with Crippen molar-refractivity contribution in [2.24, 2.45) is 0 Å². The second-order valence-corrected chi connectivity index (χ2v) is 5.47. The molecule has 0 saturated carbocycles. The van der Waals surface area contributed by atoms with Gasteiger partial charge in [0.05, 0.1) is 0 Å². The SMILES string of the molecule is CC1=C(c2cccs2)C(=C(C#N)C#N)OC1(C)C. The van der Waals surface area contributed by atoms with Crippen molar-refractivity contribution in [2.45, 2.75) is 26.4 Å². The fourth-order valence-electron chi connectivity index (χ4n) is 1.87. The zero-order valence-electron chi connectivity index (χ0n) is 10.4. The summed E-state index contributed by atoms with van der Waals surface area (Å²) in [6, 6.07) is 7.73. The van der Waals surface area contributed by atoms with Crippen molar-refractivity contribution in [3.05, 3.63) is 39.3 Å². The average molecular weight is 256 g/mol. The number of thiophene rings is 1. The normalized spacial score (nSPS) is 17.1. The maximum absolute atomic E-state index is 9.03. The van der Waals surface area contributed by atoms with E-state index >= 15 is 0 Å². The summed E-state index contributed by atoms with van der Waals surface area (Å²) in [5.41, 5.74) is 1.48. The molecule has 0 saturated heterocycles. The van der Waals surface area contributed by atoms with Crippen LogP contribution in [-0.2, 0) is 4.74 Å². The third-order valence-electron chi connectivity index (χ3n) is 3.08. The van der Waals surface area contributed by atoms with Gasteiger partial charge in [0.15, 0.2) is 11.3 Å². The maximum atomic E-state index is 9.03. The van der Waals surface area contributed by atoms with E-state index in [4.69, 9.17) is 15.3 Å². The highest BCUT2D eigenvalue weighted by Crippen LogP contribution is 2.45. The molecule has 18 heavy (non-hydrogen) atoms. The minimum Gasteiger partial charge on any atom is -0.481 e. The Bertz CT molecular complexity index is 606. The van der Waals surface area contributed by atoms with E-state index in [1.165, 1.54) is 0 Å². The second kappa shape index (κ2) is 4.33. The van der Waals surface area contributed by atoms with Crippen molar-refractivity contribution in [1.29, 1.82) is 10.5 Å². The second-order valence-electron chi connectivity index (χ2n) is 4.52. The van der Waals surface area contributed by atoms with Gasteiger partial charge in [-0.2, -0.15) is 10.5 Å². The summed E-state index contributed by atoms with van der Waals surface area (Å²) in [5.74, 6) is 0.407. The molecule has 1 aliphatic rings. The van der Waals surface area contributed by atoms with Gasteiger partial charge >= 0.3 is 0 Å². The lowest BCUT2D eigenvalue weighted by molar-refractivity contribution is 0.0938. The Balaban J connectivity index is 2.71. The van der Waals surface area contributed by atoms with Gasteiger partial charge in [0, 0.05) is 10.5 Å². The molecular weight excluding hydrogens is 244 g/mol. The summed E-state index contributed by atoms with van der Waals surface area (Å²) < 4.78 is 5.81. The van der Waals surface area contributed by atoms with Gasteiger partial charge in [-0.15, -0.1) is 11.3 Å². The van der Waals surface area contributed by atoms with Crippen molar-refractivity contribution in [2.75, 3.05) is 0 Å². The van der Waals surface area contributed by atoms with E-state index in [2.05, 4.69) is 0 Å². The van der Waals surface area contributed by atoms with Gasteiger partial charge in [-0.3, -0.25) is 0 Å². The Morgan fingerprint density at radius 2 is 2.00 bits per heavy atom. The first-order chi connectivity index (χ1) is 8.51. The van der Waals surface area contributed by atoms with Crippen LogP contribution in [-0.4, -0.2) is 5.60 Å². The van der Waals surface area contributed by atoms with E-state index in [1.807, 2.05) is 50.4 Å². The van der Waals surface area contributed by atoms with Crippen LogP contribution < -0.4 is 0 Å². The molecule has 90 valence electrons. The number of rotatable bonds is 1. The first-order valence-corrected chi connectivity index (χ1v) is 6.38. The molecule has 0 bridgehead atoms.